The number of hydrogen-bond donors (Lipinski definition) is 0. The molecule has 0 radical (unpaired) electrons. The van der Waals surface area contributed by atoms with E-state index in [0.717, 1.165) is 16.3 Å². The molecule has 11 rings (SSSR count). The lowest BCUT2D eigenvalue weighted by Crippen LogP contribution is -1.91. The summed E-state index contributed by atoms with van der Waals surface area (Å²) >= 11 is 1.85. The molecule has 256 valence electrons. The summed E-state index contributed by atoms with van der Waals surface area (Å²) in [5, 5.41) is 9.71. The standard InChI is InChI=1S/C54H34S/c1-2-14-37(15-3-1)44-32-31-43(53-49-23-10-11-24-50(49)55-54(44)53)41-17-12-18-42(34-41)52-47-21-8-6-19-45(47)51(46-20-7-9-22-48(46)52)38-28-25-36(26-29-38)40-30-27-35-13-4-5-16-39(35)33-40/h1-34H/i1D,4D. The third-order valence-corrected chi connectivity index (χ3v) is 12.3. The Morgan fingerprint density at radius 1 is 0.327 bits per heavy atom. The van der Waals surface area contributed by atoms with Gasteiger partial charge in [0, 0.05) is 20.2 Å². The highest BCUT2D eigenvalue weighted by atomic mass is 32.1. The van der Waals surface area contributed by atoms with E-state index in [2.05, 4.69) is 164 Å². The molecule has 0 fully saturated rings. The van der Waals surface area contributed by atoms with Gasteiger partial charge in [0.2, 0.25) is 0 Å². The first-order chi connectivity index (χ1) is 28.1. The summed E-state index contributed by atoms with van der Waals surface area (Å²) in [5.41, 5.74) is 12.0. The van der Waals surface area contributed by atoms with Crippen molar-refractivity contribution in [3.8, 4) is 55.6 Å². The minimum Gasteiger partial charge on any atom is -0.135 e. The highest BCUT2D eigenvalue weighted by Crippen LogP contribution is 2.47. The molecule has 0 atom stereocenters. The van der Waals surface area contributed by atoms with Gasteiger partial charge in [-0.15, -0.1) is 11.3 Å². The second-order valence-corrected chi connectivity index (χ2v) is 15.3. The smallest absolute Gasteiger partial charge is 0.0623 e. The van der Waals surface area contributed by atoms with E-state index in [0.29, 0.717) is 12.1 Å². The van der Waals surface area contributed by atoms with Crippen LogP contribution in [0.15, 0.2) is 206 Å². The highest BCUT2D eigenvalue weighted by molar-refractivity contribution is 7.26. The Balaban J connectivity index is 1.07. The molecular weight excluding hydrogens is 681 g/mol. The normalized spacial score (nSPS) is 12.1. The van der Waals surface area contributed by atoms with Crippen molar-refractivity contribution in [2.75, 3.05) is 0 Å². The van der Waals surface area contributed by atoms with Gasteiger partial charge in [-0.1, -0.05) is 188 Å². The van der Waals surface area contributed by atoms with Crippen LogP contribution in [0.2, 0.25) is 0 Å². The highest BCUT2D eigenvalue weighted by Gasteiger charge is 2.19. The molecule has 55 heavy (non-hydrogen) atoms. The molecule has 0 aliphatic heterocycles. The average molecular weight is 717 g/mol. The molecule has 0 aliphatic carbocycles. The zero-order valence-electron chi connectivity index (χ0n) is 31.9. The van der Waals surface area contributed by atoms with Crippen LogP contribution in [0.5, 0.6) is 0 Å². The van der Waals surface area contributed by atoms with E-state index < -0.39 is 0 Å². The van der Waals surface area contributed by atoms with Crippen LogP contribution >= 0.6 is 11.3 Å². The second-order valence-electron chi connectivity index (χ2n) is 14.2. The fraction of sp³-hybridized carbons (Fsp3) is 0. The van der Waals surface area contributed by atoms with Crippen molar-refractivity contribution in [1.82, 2.24) is 0 Å². The van der Waals surface area contributed by atoms with Crippen LogP contribution in [0.1, 0.15) is 2.74 Å². The molecule has 0 N–H and O–H groups in total. The summed E-state index contributed by atoms with van der Waals surface area (Å²) < 4.78 is 18.6. The molecule has 0 unspecified atom stereocenters. The molecule has 1 aromatic heterocycles. The largest absolute Gasteiger partial charge is 0.135 e. The number of hydrogen-bond acceptors (Lipinski definition) is 1. The number of fused-ring (bicyclic) bond motifs is 6. The predicted octanol–water partition coefficient (Wildman–Crippen LogP) is 15.8. The Morgan fingerprint density at radius 2 is 0.909 bits per heavy atom. The van der Waals surface area contributed by atoms with Gasteiger partial charge in [-0.25, -0.2) is 0 Å². The minimum absolute atomic E-state index is 0.521. The number of benzene rings is 10. The first-order valence-corrected chi connectivity index (χ1v) is 19.6. The van der Waals surface area contributed by atoms with Gasteiger partial charge in [0.1, 0.15) is 0 Å². The van der Waals surface area contributed by atoms with Crippen LogP contribution in [0.4, 0.5) is 0 Å². The third kappa shape index (κ3) is 5.28. The molecule has 11 aromatic rings. The van der Waals surface area contributed by atoms with E-state index in [1.807, 2.05) is 41.7 Å². The Labute approximate surface area is 327 Å². The van der Waals surface area contributed by atoms with Crippen LogP contribution in [0.25, 0.3) is 108 Å². The van der Waals surface area contributed by atoms with E-state index in [1.165, 1.54) is 91.8 Å². The maximum Gasteiger partial charge on any atom is 0.0623 e. The Kier molecular flexibility index (Phi) is 6.98. The molecule has 0 amide bonds. The van der Waals surface area contributed by atoms with Crippen LogP contribution < -0.4 is 0 Å². The fourth-order valence-electron chi connectivity index (χ4n) is 8.59. The molecule has 0 saturated carbocycles. The quantitative estimate of drug-likeness (QED) is 0.156. The molecule has 0 saturated heterocycles. The average Bonchev–Trinajstić information content (AvgIpc) is 3.65. The lowest BCUT2D eigenvalue weighted by molar-refractivity contribution is 1.62. The Hall–Kier alpha value is -6.80. The van der Waals surface area contributed by atoms with E-state index in [1.54, 1.807) is 0 Å². The monoisotopic (exact) mass is 716 g/mol. The van der Waals surface area contributed by atoms with Gasteiger partial charge in [0.05, 0.1) is 2.74 Å². The van der Waals surface area contributed by atoms with Crippen LogP contribution in [-0.2, 0) is 0 Å². The zero-order chi connectivity index (χ0) is 38.0. The predicted molar refractivity (Wildman–Crippen MR) is 239 cm³/mol. The van der Waals surface area contributed by atoms with Crippen LogP contribution in [0, 0.1) is 0 Å². The number of rotatable bonds is 5. The third-order valence-electron chi connectivity index (χ3n) is 11.1. The molecule has 0 bridgehead atoms. The molecule has 1 heterocycles. The van der Waals surface area contributed by atoms with Gasteiger partial charge >= 0.3 is 0 Å². The molecular formula is C54H34S. The van der Waals surface area contributed by atoms with E-state index >= 15 is 0 Å². The maximum atomic E-state index is 8.06. The Bertz CT molecular complexity index is 3300. The lowest BCUT2D eigenvalue weighted by atomic mass is 9.85. The van der Waals surface area contributed by atoms with Gasteiger partial charge in [0.15, 0.2) is 0 Å². The van der Waals surface area contributed by atoms with Crippen molar-refractivity contribution < 1.29 is 2.74 Å². The van der Waals surface area contributed by atoms with Gasteiger partial charge in [0.25, 0.3) is 0 Å². The summed E-state index contributed by atoms with van der Waals surface area (Å²) in [6.45, 7) is 0. The second kappa shape index (κ2) is 13.0. The minimum atomic E-state index is 0.521. The summed E-state index contributed by atoms with van der Waals surface area (Å²) in [5.74, 6) is 0. The SMILES string of the molecule is [2H]c1ccc(-c2ccc(-c3cccc(-c4c5ccccc5c(-c5ccc(-c6ccc7cc([2H])ccc7c6)cc5)c5ccccc45)c3)c3c2sc2ccccc23)cc1. The van der Waals surface area contributed by atoms with E-state index in [4.69, 9.17) is 2.74 Å². The molecule has 1 heteroatoms. The van der Waals surface area contributed by atoms with Gasteiger partial charge < -0.3 is 0 Å². The summed E-state index contributed by atoms with van der Waals surface area (Å²) in [7, 11) is 0. The summed E-state index contributed by atoms with van der Waals surface area (Å²) in [6, 6.07) is 70.4. The van der Waals surface area contributed by atoms with Crippen molar-refractivity contribution in [2.24, 2.45) is 0 Å². The topological polar surface area (TPSA) is 0 Å². The van der Waals surface area contributed by atoms with Crippen molar-refractivity contribution >= 4 is 63.8 Å². The summed E-state index contributed by atoms with van der Waals surface area (Å²) in [4.78, 5) is 0. The fourth-order valence-corrected chi connectivity index (χ4v) is 9.85. The van der Waals surface area contributed by atoms with E-state index in [-0.39, 0.29) is 0 Å². The van der Waals surface area contributed by atoms with Crippen molar-refractivity contribution in [1.29, 1.82) is 0 Å². The molecule has 10 aromatic carbocycles. The lowest BCUT2D eigenvalue weighted by Gasteiger charge is -2.18. The first-order valence-electron chi connectivity index (χ1n) is 19.7. The van der Waals surface area contributed by atoms with Gasteiger partial charge in [-0.05, 0) is 106 Å². The van der Waals surface area contributed by atoms with Crippen molar-refractivity contribution in [2.45, 2.75) is 0 Å². The van der Waals surface area contributed by atoms with Gasteiger partial charge in [-0.2, -0.15) is 0 Å². The zero-order valence-corrected chi connectivity index (χ0v) is 30.7. The van der Waals surface area contributed by atoms with Crippen molar-refractivity contribution in [3.63, 3.8) is 0 Å². The molecule has 0 spiro atoms. The molecule has 0 nitrogen and oxygen atoms in total. The summed E-state index contributed by atoms with van der Waals surface area (Å²) in [6.07, 6.45) is 0. The Morgan fingerprint density at radius 3 is 1.65 bits per heavy atom. The van der Waals surface area contributed by atoms with Crippen LogP contribution in [0.3, 0.4) is 0 Å². The van der Waals surface area contributed by atoms with Crippen molar-refractivity contribution in [3.05, 3.63) is 206 Å². The number of thiophene rings is 1. The van der Waals surface area contributed by atoms with E-state index in [9.17, 15) is 0 Å². The molecule has 0 aliphatic rings. The maximum absolute atomic E-state index is 8.06. The van der Waals surface area contributed by atoms with Crippen LogP contribution in [-0.4, -0.2) is 0 Å². The first kappa shape index (κ1) is 29.6. The van der Waals surface area contributed by atoms with Gasteiger partial charge in [-0.3, -0.25) is 0 Å².